The van der Waals surface area contributed by atoms with E-state index in [-0.39, 0.29) is 24.8 Å². The van der Waals surface area contributed by atoms with Crippen LogP contribution in [0.1, 0.15) is 59.9 Å². The summed E-state index contributed by atoms with van der Waals surface area (Å²) in [6.45, 7) is 7.50. The van der Waals surface area contributed by atoms with Crippen LogP contribution >= 0.6 is 0 Å². The molecule has 0 saturated carbocycles. The Labute approximate surface area is 298 Å². The first-order chi connectivity index (χ1) is 21.6. The van der Waals surface area contributed by atoms with Crippen LogP contribution in [0.5, 0.6) is 0 Å². The number of rotatable bonds is 7. The molecular formula is C42H38Cl2SiZr. The molecule has 1 unspecified atom stereocenters. The summed E-state index contributed by atoms with van der Waals surface area (Å²) in [7, 11) is 0. The van der Waals surface area contributed by atoms with E-state index in [2.05, 4.69) is 135 Å². The van der Waals surface area contributed by atoms with Gasteiger partial charge in [0.25, 0.3) is 0 Å². The fourth-order valence-electron chi connectivity index (χ4n) is 7.93. The van der Waals surface area contributed by atoms with Crippen LogP contribution in [0.25, 0.3) is 49.9 Å². The minimum absolute atomic E-state index is 0. The summed E-state index contributed by atoms with van der Waals surface area (Å²) in [4.78, 5) is 0. The van der Waals surface area contributed by atoms with Crippen molar-refractivity contribution in [2.24, 2.45) is 0 Å². The molecule has 0 spiro atoms. The average Bonchev–Trinajstić information content (AvgIpc) is 3.60. The number of hydrogen-bond donors (Lipinski definition) is 0. The fourth-order valence-corrected chi connectivity index (χ4v) is 16.2. The number of hydrogen-bond acceptors (Lipinski definition) is 0. The largest absolute Gasteiger partial charge is 1.00 e. The van der Waals surface area contributed by atoms with Gasteiger partial charge in [-0.1, -0.05) is 0 Å². The third-order valence-corrected chi connectivity index (χ3v) is 18.3. The Bertz CT molecular complexity index is 2060. The van der Waals surface area contributed by atoms with Crippen molar-refractivity contribution in [3.8, 4) is 22.3 Å². The average molecular weight is 733 g/mol. The smallest absolute Gasteiger partial charge is 1.00 e. The summed E-state index contributed by atoms with van der Waals surface area (Å²) in [5.74, 6) is -0.298. The predicted octanol–water partition coefficient (Wildman–Crippen LogP) is 4.65. The van der Waals surface area contributed by atoms with Crippen molar-refractivity contribution in [3.05, 3.63) is 143 Å². The van der Waals surface area contributed by atoms with Gasteiger partial charge < -0.3 is 24.8 Å². The van der Waals surface area contributed by atoms with E-state index in [0.717, 1.165) is 6.42 Å². The molecule has 0 heterocycles. The second kappa shape index (κ2) is 13.8. The van der Waals surface area contributed by atoms with Gasteiger partial charge in [-0.25, -0.2) is 0 Å². The zero-order valence-corrected chi connectivity index (χ0v) is 31.8. The van der Waals surface area contributed by atoms with Crippen LogP contribution in [-0.2, 0) is 28.8 Å². The summed E-state index contributed by atoms with van der Waals surface area (Å²) < 4.78 is 1.77. The Morgan fingerprint density at radius 1 is 0.717 bits per heavy atom. The van der Waals surface area contributed by atoms with Crippen molar-refractivity contribution in [1.82, 2.24) is 0 Å². The van der Waals surface area contributed by atoms with E-state index in [1.807, 2.05) is 0 Å². The van der Waals surface area contributed by atoms with Crippen molar-refractivity contribution in [2.45, 2.75) is 51.6 Å². The SMILES string of the molecule is CCCCC1=Cc2c(-c3c4ccccc4cc4ccccc34)cccc2C1c1[c]([Zr+2][SiH](C)C)ccc2c1Cc1ccccc1-2.[Cl-].[Cl-]. The Hall–Kier alpha value is -2.74. The van der Waals surface area contributed by atoms with Crippen LogP contribution in [0.4, 0.5) is 0 Å². The zero-order valence-electron chi connectivity index (χ0n) is 26.7. The Balaban J connectivity index is 0.00000186. The molecule has 8 rings (SSSR count). The molecule has 0 bridgehead atoms. The third-order valence-electron chi connectivity index (χ3n) is 9.78. The normalized spacial score (nSPS) is 14.3. The number of fused-ring (bicyclic) bond motifs is 6. The predicted molar refractivity (Wildman–Crippen MR) is 189 cm³/mol. The molecule has 0 nitrogen and oxygen atoms in total. The van der Waals surface area contributed by atoms with Crippen molar-refractivity contribution >= 4 is 36.8 Å². The maximum atomic E-state index is 2.63. The molecule has 0 radical (unpaired) electrons. The molecule has 0 fully saturated rings. The van der Waals surface area contributed by atoms with Gasteiger partial charge in [0.1, 0.15) is 0 Å². The van der Waals surface area contributed by atoms with Gasteiger partial charge in [-0.3, -0.25) is 0 Å². The topological polar surface area (TPSA) is 0 Å². The molecule has 6 aromatic carbocycles. The molecule has 0 aromatic heterocycles. The summed E-state index contributed by atoms with van der Waals surface area (Å²) >= 11 is -0.635. The van der Waals surface area contributed by atoms with Crippen LogP contribution in [0.2, 0.25) is 13.1 Å². The van der Waals surface area contributed by atoms with E-state index in [0.29, 0.717) is 5.92 Å². The van der Waals surface area contributed by atoms with Gasteiger partial charge in [0.15, 0.2) is 0 Å². The van der Waals surface area contributed by atoms with Crippen molar-refractivity contribution in [3.63, 3.8) is 0 Å². The first-order valence-corrected chi connectivity index (χ1v) is 24.7. The summed E-state index contributed by atoms with van der Waals surface area (Å²) in [6, 6.07) is 41.7. The molecule has 0 aliphatic heterocycles. The van der Waals surface area contributed by atoms with Crippen LogP contribution in [0.3, 0.4) is 0 Å². The second-order valence-electron chi connectivity index (χ2n) is 12.9. The number of halogens is 2. The van der Waals surface area contributed by atoms with Gasteiger partial charge in [-0.15, -0.1) is 0 Å². The first-order valence-electron chi connectivity index (χ1n) is 16.4. The molecule has 1 atom stereocenters. The number of allylic oxidation sites excluding steroid dienone is 1. The fraction of sp³-hybridized carbons (Fsp3) is 0.190. The molecule has 0 saturated heterocycles. The minimum atomic E-state index is -0.664. The monoisotopic (exact) mass is 730 g/mol. The van der Waals surface area contributed by atoms with E-state index in [1.165, 1.54) is 79.8 Å². The molecule has 4 heteroatoms. The molecule has 0 N–H and O–H groups in total. The quantitative estimate of drug-likeness (QED) is 0.166. The van der Waals surface area contributed by atoms with Gasteiger partial charge in [-0.05, 0) is 0 Å². The van der Waals surface area contributed by atoms with Crippen LogP contribution in [0, 0.1) is 0 Å². The van der Waals surface area contributed by atoms with Crippen molar-refractivity contribution in [1.29, 1.82) is 0 Å². The zero-order chi connectivity index (χ0) is 29.8. The molecule has 6 aromatic rings. The summed E-state index contributed by atoms with van der Waals surface area (Å²) in [6.07, 6.45) is 7.35. The summed E-state index contributed by atoms with van der Waals surface area (Å²) in [5, 5.41) is 5.34. The Kier molecular flexibility index (Phi) is 9.94. The Morgan fingerprint density at radius 3 is 2.11 bits per heavy atom. The van der Waals surface area contributed by atoms with E-state index in [9.17, 15) is 0 Å². The molecule has 228 valence electrons. The van der Waals surface area contributed by atoms with Gasteiger partial charge in [0.05, 0.1) is 0 Å². The number of benzene rings is 6. The van der Waals surface area contributed by atoms with Gasteiger partial charge >= 0.3 is 276 Å². The van der Waals surface area contributed by atoms with Crippen molar-refractivity contribution in [2.75, 3.05) is 0 Å². The minimum Gasteiger partial charge on any atom is -1.00 e. The molecule has 2 aliphatic carbocycles. The first kappa shape index (κ1) is 33.2. The van der Waals surface area contributed by atoms with Gasteiger partial charge in [0, 0.05) is 0 Å². The molecule has 46 heavy (non-hydrogen) atoms. The van der Waals surface area contributed by atoms with E-state index < -0.39 is 28.3 Å². The Morgan fingerprint density at radius 2 is 1.39 bits per heavy atom. The van der Waals surface area contributed by atoms with Gasteiger partial charge in [-0.2, -0.15) is 0 Å². The van der Waals surface area contributed by atoms with Crippen molar-refractivity contribution < 1.29 is 47.2 Å². The molecule has 0 amide bonds. The number of unbranched alkanes of at least 4 members (excludes halogenated alkanes) is 1. The van der Waals surface area contributed by atoms with E-state index >= 15 is 0 Å². The maximum absolute atomic E-state index is 2.63. The van der Waals surface area contributed by atoms with Crippen LogP contribution in [0.15, 0.2) is 115 Å². The summed E-state index contributed by atoms with van der Waals surface area (Å²) in [5.41, 5.74) is 15.2. The van der Waals surface area contributed by atoms with Crippen LogP contribution in [-0.4, -0.2) is 5.92 Å². The standard InChI is InChI=1S/C40H31.C2H7Si.2ClH.Zr/c1-2-3-12-29-25-38-35(39(29)34-20-10-19-33-30-16-7-4-15-28(30)24-37(33)34)21-11-22-36(38)40-31-17-8-5-13-26(31)23-27-14-6-9-18-32(27)40;1-3-2;;;/h4-11,13-19,21-23,25,39H,2-3,12,24H2,1H3;3H,1-2H3;2*1H;/q;;;;+2/p-2. The second-order valence-corrected chi connectivity index (χ2v) is 27.5. The maximum Gasteiger partial charge on any atom is -1.00 e. The molecule has 2 aliphatic rings. The van der Waals surface area contributed by atoms with Gasteiger partial charge in [0.2, 0.25) is 0 Å². The van der Waals surface area contributed by atoms with E-state index in [1.54, 1.807) is 20.0 Å². The molecular weight excluding hydrogens is 695 g/mol. The third kappa shape index (κ3) is 5.60. The van der Waals surface area contributed by atoms with E-state index in [4.69, 9.17) is 0 Å². The van der Waals surface area contributed by atoms with Crippen LogP contribution < -0.4 is 28.1 Å².